The molecule has 0 aromatic heterocycles. The lowest BCUT2D eigenvalue weighted by Gasteiger charge is -2.30. The topological polar surface area (TPSA) is 105 Å². The SMILES string of the molecule is O=C(NC1(C(=O)N[C@@H](CCc2ccccc2)C(=O)O)CCCC1)OCc1ccccc1. The van der Waals surface area contributed by atoms with Crippen molar-refractivity contribution in [1.82, 2.24) is 10.6 Å². The smallest absolute Gasteiger partial charge is 0.408 e. The van der Waals surface area contributed by atoms with Crippen LogP contribution in [0.15, 0.2) is 60.7 Å². The van der Waals surface area contributed by atoms with Crippen LogP contribution < -0.4 is 10.6 Å². The minimum absolute atomic E-state index is 0.0964. The van der Waals surface area contributed by atoms with E-state index in [1.54, 1.807) is 0 Å². The molecule has 1 fully saturated rings. The zero-order chi connectivity index (χ0) is 22.1. The second kappa shape index (κ2) is 10.6. The van der Waals surface area contributed by atoms with Gasteiger partial charge in [-0.2, -0.15) is 0 Å². The summed E-state index contributed by atoms with van der Waals surface area (Å²) in [6.07, 6.45) is 2.55. The maximum Gasteiger partial charge on any atom is 0.408 e. The molecule has 1 aliphatic rings. The largest absolute Gasteiger partial charge is 0.480 e. The fourth-order valence-corrected chi connectivity index (χ4v) is 3.85. The summed E-state index contributed by atoms with van der Waals surface area (Å²) in [5.41, 5.74) is 0.699. The third-order valence-corrected chi connectivity index (χ3v) is 5.61. The standard InChI is InChI=1S/C24H28N2O5/c27-21(28)20(14-13-18-9-3-1-4-10-18)25-22(29)24(15-7-8-16-24)26-23(30)31-17-19-11-5-2-6-12-19/h1-6,9-12,20H,7-8,13-17H2,(H,25,29)(H,26,30)(H,27,28)/t20-/m0/s1. The van der Waals surface area contributed by atoms with Crippen molar-refractivity contribution in [3.05, 3.63) is 71.8 Å². The number of rotatable bonds is 9. The zero-order valence-corrected chi connectivity index (χ0v) is 17.4. The number of alkyl carbamates (subject to hydrolysis) is 1. The lowest BCUT2D eigenvalue weighted by molar-refractivity contribution is -0.143. The summed E-state index contributed by atoms with van der Waals surface area (Å²) in [6.45, 7) is 0.0964. The van der Waals surface area contributed by atoms with E-state index in [4.69, 9.17) is 4.74 Å². The highest BCUT2D eigenvalue weighted by Gasteiger charge is 2.44. The number of aliphatic carboxylic acids is 1. The predicted octanol–water partition coefficient (Wildman–Crippen LogP) is 3.43. The number of benzene rings is 2. The maximum atomic E-state index is 13.1. The first kappa shape index (κ1) is 22.3. The van der Waals surface area contributed by atoms with Crippen molar-refractivity contribution < 1.29 is 24.2 Å². The Balaban J connectivity index is 1.59. The van der Waals surface area contributed by atoms with E-state index in [1.165, 1.54) is 0 Å². The number of carboxylic acids is 1. The van der Waals surface area contributed by atoms with Gasteiger partial charge in [-0.3, -0.25) is 4.79 Å². The molecule has 0 spiro atoms. The normalized spacial score (nSPS) is 15.6. The van der Waals surface area contributed by atoms with Crippen molar-refractivity contribution in [3.8, 4) is 0 Å². The van der Waals surface area contributed by atoms with Gasteiger partial charge in [-0.15, -0.1) is 0 Å². The predicted molar refractivity (Wildman–Crippen MR) is 115 cm³/mol. The quantitative estimate of drug-likeness (QED) is 0.572. The van der Waals surface area contributed by atoms with Gasteiger partial charge >= 0.3 is 12.1 Å². The average Bonchev–Trinajstić information content (AvgIpc) is 3.26. The van der Waals surface area contributed by atoms with Gasteiger partial charge in [-0.05, 0) is 36.8 Å². The molecule has 7 heteroatoms. The summed E-state index contributed by atoms with van der Waals surface area (Å²) < 4.78 is 5.28. The van der Waals surface area contributed by atoms with Gasteiger partial charge < -0.3 is 20.5 Å². The van der Waals surface area contributed by atoms with Crippen molar-refractivity contribution in [3.63, 3.8) is 0 Å². The van der Waals surface area contributed by atoms with Gasteiger partial charge in [0.1, 0.15) is 18.2 Å². The van der Waals surface area contributed by atoms with E-state index in [1.807, 2.05) is 60.7 Å². The molecule has 7 nitrogen and oxygen atoms in total. The van der Waals surface area contributed by atoms with Gasteiger partial charge in [-0.1, -0.05) is 73.5 Å². The van der Waals surface area contributed by atoms with E-state index in [9.17, 15) is 19.5 Å². The van der Waals surface area contributed by atoms with Gasteiger partial charge in [0.2, 0.25) is 5.91 Å². The first-order valence-corrected chi connectivity index (χ1v) is 10.5. The summed E-state index contributed by atoms with van der Waals surface area (Å²) in [6, 6.07) is 17.7. The second-order valence-corrected chi connectivity index (χ2v) is 7.86. The molecule has 0 unspecified atom stereocenters. The highest BCUT2D eigenvalue weighted by atomic mass is 16.5. The molecular formula is C24H28N2O5. The monoisotopic (exact) mass is 424 g/mol. The Hall–Kier alpha value is -3.35. The van der Waals surface area contributed by atoms with Crippen LogP contribution in [-0.2, 0) is 27.4 Å². The highest BCUT2D eigenvalue weighted by molar-refractivity contribution is 5.93. The summed E-state index contributed by atoms with van der Waals surface area (Å²) >= 11 is 0. The number of amides is 2. The Morgan fingerprint density at radius 3 is 2.10 bits per heavy atom. The summed E-state index contributed by atoms with van der Waals surface area (Å²) in [5, 5.41) is 14.9. The van der Waals surface area contributed by atoms with Crippen molar-refractivity contribution in [1.29, 1.82) is 0 Å². The Labute approximate surface area is 181 Å². The van der Waals surface area contributed by atoms with Crippen LogP contribution in [0.4, 0.5) is 4.79 Å². The van der Waals surface area contributed by atoms with Gasteiger partial charge in [0.05, 0.1) is 0 Å². The van der Waals surface area contributed by atoms with Crippen LogP contribution >= 0.6 is 0 Å². The molecule has 2 amide bonds. The molecule has 0 aliphatic heterocycles. The van der Waals surface area contributed by atoms with Crippen LogP contribution in [0.1, 0.15) is 43.2 Å². The van der Waals surface area contributed by atoms with Crippen LogP contribution in [0, 0.1) is 0 Å². The fraction of sp³-hybridized carbons (Fsp3) is 0.375. The molecule has 0 bridgehead atoms. The Bertz CT molecular complexity index is 879. The van der Waals surface area contributed by atoms with Gasteiger partial charge in [0.15, 0.2) is 0 Å². The first-order chi connectivity index (χ1) is 15.0. The average molecular weight is 424 g/mol. The fourth-order valence-electron chi connectivity index (χ4n) is 3.85. The number of hydrogen-bond acceptors (Lipinski definition) is 4. The highest BCUT2D eigenvalue weighted by Crippen LogP contribution is 2.30. The van der Waals surface area contributed by atoms with E-state index in [0.717, 1.165) is 24.0 Å². The number of carbonyl (C=O) groups excluding carboxylic acids is 2. The van der Waals surface area contributed by atoms with Crippen LogP contribution in [0.25, 0.3) is 0 Å². The van der Waals surface area contributed by atoms with Gasteiger partial charge in [-0.25, -0.2) is 9.59 Å². The molecule has 2 aromatic rings. The Morgan fingerprint density at radius 2 is 1.52 bits per heavy atom. The number of hydrogen-bond donors (Lipinski definition) is 3. The molecule has 0 radical (unpaired) electrons. The minimum Gasteiger partial charge on any atom is -0.480 e. The second-order valence-electron chi connectivity index (χ2n) is 7.86. The third kappa shape index (κ3) is 6.31. The summed E-state index contributed by atoms with van der Waals surface area (Å²) in [7, 11) is 0. The zero-order valence-electron chi connectivity index (χ0n) is 17.4. The Kier molecular flexibility index (Phi) is 7.65. The lowest BCUT2D eigenvalue weighted by atomic mass is 9.95. The molecule has 164 valence electrons. The lowest BCUT2D eigenvalue weighted by Crippen LogP contribution is -2.59. The molecule has 0 heterocycles. The third-order valence-electron chi connectivity index (χ3n) is 5.61. The van der Waals surface area contributed by atoms with Crippen LogP contribution in [-0.4, -0.2) is 34.7 Å². The first-order valence-electron chi connectivity index (χ1n) is 10.5. The number of carboxylic acid groups (broad SMARTS) is 1. The number of carbonyl (C=O) groups is 3. The number of ether oxygens (including phenoxy) is 1. The van der Waals surface area contributed by atoms with E-state index in [-0.39, 0.29) is 13.0 Å². The van der Waals surface area contributed by atoms with Crippen molar-refractivity contribution in [2.24, 2.45) is 0 Å². The molecule has 2 aromatic carbocycles. The maximum absolute atomic E-state index is 13.1. The van der Waals surface area contributed by atoms with E-state index >= 15 is 0 Å². The van der Waals surface area contributed by atoms with E-state index in [0.29, 0.717) is 19.3 Å². The molecule has 1 saturated carbocycles. The van der Waals surface area contributed by atoms with Gasteiger partial charge in [0, 0.05) is 0 Å². The molecule has 3 N–H and O–H groups in total. The van der Waals surface area contributed by atoms with Crippen LogP contribution in [0.2, 0.25) is 0 Å². The number of nitrogens with one attached hydrogen (secondary N) is 2. The number of aryl methyl sites for hydroxylation is 1. The van der Waals surface area contributed by atoms with Crippen molar-refractivity contribution >= 4 is 18.0 Å². The van der Waals surface area contributed by atoms with Gasteiger partial charge in [0.25, 0.3) is 0 Å². The van der Waals surface area contributed by atoms with E-state index in [2.05, 4.69) is 10.6 Å². The van der Waals surface area contributed by atoms with E-state index < -0.39 is 29.6 Å². The molecular weight excluding hydrogens is 396 g/mol. The molecule has 3 rings (SSSR count). The summed E-state index contributed by atoms with van der Waals surface area (Å²) in [4.78, 5) is 37.2. The molecule has 1 aliphatic carbocycles. The molecule has 1 atom stereocenters. The minimum atomic E-state index is -1.14. The van der Waals surface area contributed by atoms with Crippen molar-refractivity contribution in [2.75, 3.05) is 0 Å². The van der Waals surface area contributed by atoms with Crippen LogP contribution in [0.5, 0.6) is 0 Å². The molecule has 31 heavy (non-hydrogen) atoms. The van der Waals surface area contributed by atoms with Crippen LogP contribution in [0.3, 0.4) is 0 Å². The van der Waals surface area contributed by atoms with Crippen molar-refractivity contribution in [2.45, 2.75) is 56.7 Å². The molecule has 0 saturated heterocycles. The Morgan fingerprint density at radius 1 is 0.935 bits per heavy atom. The summed E-state index contributed by atoms with van der Waals surface area (Å²) in [5.74, 6) is -1.56.